The zero-order chi connectivity index (χ0) is 19.4. The molecule has 0 fully saturated rings. The number of hydrogen-bond donors (Lipinski definition) is 1. The molecule has 9 heteroatoms. The number of halogens is 4. The molecule has 1 aromatic heterocycles. The molecule has 1 aliphatic rings. The highest BCUT2D eigenvalue weighted by Crippen LogP contribution is 2.41. The highest BCUT2D eigenvalue weighted by atomic mass is 32.2. The highest BCUT2D eigenvalue weighted by molar-refractivity contribution is 7.91. The fraction of sp³-hybridized carbons (Fsp3) is 0.222. The Morgan fingerprint density at radius 2 is 1.81 bits per heavy atom. The van der Waals surface area contributed by atoms with Gasteiger partial charge in [0.25, 0.3) is 0 Å². The molecule has 0 amide bonds. The van der Waals surface area contributed by atoms with Gasteiger partial charge in [-0.3, -0.25) is 5.32 Å². The maximum absolute atomic E-state index is 13.4. The lowest BCUT2D eigenvalue weighted by molar-refractivity contribution is -0.162. The number of benzene rings is 2. The second kappa shape index (κ2) is 6.07. The predicted molar refractivity (Wildman–Crippen MR) is 88.6 cm³/mol. The van der Waals surface area contributed by atoms with Crippen molar-refractivity contribution < 1.29 is 30.4 Å². The van der Waals surface area contributed by atoms with E-state index >= 15 is 0 Å². The van der Waals surface area contributed by atoms with Gasteiger partial charge in [0, 0.05) is 23.6 Å². The van der Waals surface area contributed by atoms with Crippen molar-refractivity contribution in [2.24, 2.45) is 0 Å². The maximum Gasteiger partial charge on any atom is 0.411 e. The Hall–Kier alpha value is -2.39. The van der Waals surface area contributed by atoms with Crippen molar-refractivity contribution in [3.05, 3.63) is 59.6 Å². The van der Waals surface area contributed by atoms with Gasteiger partial charge in [0.05, 0.1) is 9.79 Å². The second-order valence-corrected chi connectivity index (χ2v) is 8.19. The van der Waals surface area contributed by atoms with Crippen LogP contribution in [0.4, 0.5) is 17.6 Å². The van der Waals surface area contributed by atoms with Crippen LogP contribution in [0.2, 0.25) is 0 Å². The SMILES string of the molecule is O=S(=O)(c1cccc(F)c1)c1ccc2c3c(oc2c1)C(C(F)(F)F)NCC3. The molecule has 1 aliphatic heterocycles. The number of fused-ring (bicyclic) bond motifs is 3. The fourth-order valence-corrected chi connectivity index (χ4v) is 4.58. The smallest absolute Gasteiger partial charge is 0.411 e. The summed E-state index contributed by atoms with van der Waals surface area (Å²) >= 11 is 0. The van der Waals surface area contributed by atoms with Crippen LogP contribution in [0.1, 0.15) is 17.4 Å². The standard InChI is InChI=1S/C18H13F4NO3S/c19-10-2-1-3-11(8-10)27(24,25)12-4-5-13-14-6-7-23-17(18(20,21)22)16(14)26-15(13)9-12/h1-5,8-9,17,23H,6-7H2. The normalized spacial score (nSPS) is 17.9. The zero-order valence-corrected chi connectivity index (χ0v) is 14.5. The minimum atomic E-state index is -4.53. The van der Waals surface area contributed by atoms with Crippen LogP contribution in [0, 0.1) is 5.82 Å². The number of furan rings is 1. The average Bonchev–Trinajstić information content (AvgIpc) is 2.98. The van der Waals surface area contributed by atoms with Crippen molar-refractivity contribution in [3.8, 4) is 0 Å². The van der Waals surface area contributed by atoms with Crippen LogP contribution >= 0.6 is 0 Å². The van der Waals surface area contributed by atoms with Crippen molar-refractivity contribution in [1.82, 2.24) is 5.32 Å². The summed E-state index contributed by atoms with van der Waals surface area (Å²) in [7, 11) is -4.03. The van der Waals surface area contributed by atoms with Crippen LogP contribution in [0.15, 0.2) is 56.7 Å². The fourth-order valence-electron chi connectivity index (χ4n) is 3.28. The van der Waals surface area contributed by atoms with Crippen LogP contribution in [0.25, 0.3) is 11.0 Å². The largest absolute Gasteiger partial charge is 0.459 e. The van der Waals surface area contributed by atoms with Crippen molar-refractivity contribution in [2.45, 2.75) is 28.4 Å². The molecule has 27 heavy (non-hydrogen) atoms. The Morgan fingerprint density at radius 3 is 2.52 bits per heavy atom. The van der Waals surface area contributed by atoms with Gasteiger partial charge in [0.1, 0.15) is 17.2 Å². The van der Waals surface area contributed by atoms with Crippen LogP contribution in [-0.4, -0.2) is 21.1 Å². The van der Waals surface area contributed by atoms with E-state index in [2.05, 4.69) is 5.32 Å². The molecule has 0 spiro atoms. The van der Waals surface area contributed by atoms with Gasteiger partial charge in [-0.15, -0.1) is 0 Å². The molecular weight excluding hydrogens is 386 g/mol. The molecule has 1 unspecified atom stereocenters. The number of rotatable bonds is 2. The molecule has 0 saturated carbocycles. The molecule has 1 N–H and O–H groups in total. The van der Waals surface area contributed by atoms with E-state index in [1.807, 2.05) is 0 Å². The van der Waals surface area contributed by atoms with E-state index in [1.54, 1.807) is 0 Å². The molecule has 142 valence electrons. The molecule has 0 aliphatic carbocycles. The number of hydrogen-bond acceptors (Lipinski definition) is 4. The Labute approximate surface area is 151 Å². The van der Waals surface area contributed by atoms with Gasteiger partial charge in [-0.1, -0.05) is 6.07 Å². The Morgan fingerprint density at radius 1 is 1.07 bits per heavy atom. The topological polar surface area (TPSA) is 59.3 Å². The summed E-state index contributed by atoms with van der Waals surface area (Å²) in [6.45, 7) is 0.134. The highest BCUT2D eigenvalue weighted by Gasteiger charge is 2.45. The molecule has 0 bridgehead atoms. The Balaban J connectivity index is 1.85. The monoisotopic (exact) mass is 399 g/mol. The van der Waals surface area contributed by atoms with Crippen LogP contribution < -0.4 is 5.32 Å². The molecule has 1 atom stereocenters. The molecule has 4 rings (SSSR count). The number of sulfone groups is 1. The predicted octanol–water partition coefficient (Wildman–Crippen LogP) is 4.15. The second-order valence-electron chi connectivity index (χ2n) is 6.24. The van der Waals surface area contributed by atoms with Gasteiger partial charge in [-0.25, -0.2) is 12.8 Å². The average molecular weight is 399 g/mol. The summed E-state index contributed by atoms with van der Waals surface area (Å²) in [5.41, 5.74) is 0.469. The molecule has 0 radical (unpaired) electrons. The Bertz CT molecular complexity index is 1140. The summed E-state index contributed by atoms with van der Waals surface area (Å²) < 4.78 is 83.8. The van der Waals surface area contributed by atoms with Gasteiger partial charge in [-0.05, 0) is 36.8 Å². The van der Waals surface area contributed by atoms with Crippen molar-refractivity contribution in [1.29, 1.82) is 0 Å². The lowest BCUT2D eigenvalue weighted by atomic mass is 9.99. The Kier molecular flexibility index (Phi) is 4.04. The van der Waals surface area contributed by atoms with Crippen molar-refractivity contribution in [2.75, 3.05) is 6.54 Å². The van der Waals surface area contributed by atoms with Crippen molar-refractivity contribution >= 4 is 20.8 Å². The minimum Gasteiger partial charge on any atom is -0.459 e. The molecule has 0 saturated heterocycles. The summed E-state index contributed by atoms with van der Waals surface area (Å²) in [4.78, 5) is -0.420. The van der Waals surface area contributed by atoms with Gasteiger partial charge >= 0.3 is 6.18 Å². The first-order chi connectivity index (χ1) is 12.7. The minimum absolute atomic E-state index is 0.0513. The van der Waals surface area contributed by atoms with Gasteiger partial charge in [0.15, 0.2) is 6.04 Å². The summed E-state index contributed by atoms with van der Waals surface area (Å²) in [5, 5.41) is 2.82. The summed E-state index contributed by atoms with van der Waals surface area (Å²) in [6, 6.07) is 6.50. The zero-order valence-electron chi connectivity index (χ0n) is 13.7. The molecular formula is C18H13F4NO3S. The third-order valence-electron chi connectivity index (χ3n) is 4.53. The third kappa shape index (κ3) is 3.00. The summed E-state index contributed by atoms with van der Waals surface area (Å²) in [5.74, 6) is -0.950. The quantitative estimate of drug-likeness (QED) is 0.658. The number of alkyl halides is 3. The van der Waals surface area contributed by atoms with Crippen LogP contribution in [0.3, 0.4) is 0 Å². The third-order valence-corrected chi connectivity index (χ3v) is 6.27. The van der Waals surface area contributed by atoms with Gasteiger partial charge < -0.3 is 4.42 Å². The van der Waals surface area contributed by atoms with E-state index in [9.17, 15) is 26.0 Å². The van der Waals surface area contributed by atoms with Crippen molar-refractivity contribution in [3.63, 3.8) is 0 Å². The molecule has 4 nitrogen and oxygen atoms in total. The first kappa shape index (κ1) is 18.0. The molecule has 3 aromatic rings. The summed E-state index contributed by atoms with van der Waals surface area (Å²) in [6.07, 6.45) is -4.19. The first-order valence-corrected chi connectivity index (χ1v) is 9.52. The van der Waals surface area contributed by atoms with Gasteiger partial charge in [-0.2, -0.15) is 13.2 Å². The van der Waals surface area contributed by atoms with Crippen LogP contribution in [0.5, 0.6) is 0 Å². The van der Waals surface area contributed by atoms with E-state index in [0.29, 0.717) is 17.4 Å². The van der Waals surface area contributed by atoms with E-state index in [1.165, 1.54) is 30.3 Å². The van der Waals surface area contributed by atoms with E-state index in [-0.39, 0.29) is 27.7 Å². The van der Waals surface area contributed by atoms with E-state index < -0.39 is 27.9 Å². The molecule has 2 heterocycles. The number of nitrogens with one attached hydrogen (secondary N) is 1. The lowest BCUT2D eigenvalue weighted by Crippen LogP contribution is -2.38. The van der Waals surface area contributed by atoms with Crippen LogP contribution in [-0.2, 0) is 16.3 Å². The molecule has 2 aromatic carbocycles. The van der Waals surface area contributed by atoms with E-state index in [0.717, 1.165) is 12.1 Å². The van der Waals surface area contributed by atoms with Gasteiger partial charge in [0.2, 0.25) is 9.84 Å². The maximum atomic E-state index is 13.4. The van der Waals surface area contributed by atoms with E-state index in [4.69, 9.17) is 4.42 Å². The first-order valence-electron chi connectivity index (χ1n) is 8.04. The lowest BCUT2D eigenvalue weighted by Gasteiger charge is -2.24.